The number of aromatic nitrogens is 1. The minimum Gasteiger partial charge on any atom is -0.392 e. The predicted molar refractivity (Wildman–Crippen MR) is 64.1 cm³/mol. The van der Waals surface area contributed by atoms with E-state index in [-0.39, 0.29) is 6.10 Å². The summed E-state index contributed by atoms with van der Waals surface area (Å²) < 4.78 is 0. The molecule has 1 fully saturated rings. The highest BCUT2D eigenvalue weighted by molar-refractivity contribution is 5.14. The second kappa shape index (κ2) is 5.41. The lowest BCUT2D eigenvalue weighted by molar-refractivity contribution is 0.0668. The molecule has 2 heterocycles. The third-order valence-electron chi connectivity index (χ3n) is 3.14. The van der Waals surface area contributed by atoms with Gasteiger partial charge in [0, 0.05) is 25.0 Å². The number of nitrogens with zero attached hydrogens (tertiary/aromatic N) is 2. The summed E-state index contributed by atoms with van der Waals surface area (Å²) in [4.78, 5) is 6.69. The Morgan fingerprint density at radius 3 is 3.00 bits per heavy atom. The van der Waals surface area contributed by atoms with Gasteiger partial charge in [0.1, 0.15) is 0 Å². The van der Waals surface area contributed by atoms with Crippen LogP contribution in [0.3, 0.4) is 0 Å². The van der Waals surface area contributed by atoms with Crippen molar-refractivity contribution in [3.63, 3.8) is 0 Å². The number of aliphatic hydroxyl groups is 1. The topological polar surface area (TPSA) is 36.4 Å². The molecule has 1 aromatic heterocycles. The van der Waals surface area contributed by atoms with Gasteiger partial charge in [-0.15, -0.1) is 0 Å². The average molecular weight is 220 g/mol. The first kappa shape index (κ1) is 11.6. The van der Waals surface area contributed by atoms with E-state index in [1.165, 1.54) is 5.56 Å². The minimum atomic E-state index is -0.142. The standard InChI is InChI=1S/C13H20N2O/c1-2-12-6-5-11(8-14-12)9-15-7-3-4-13(16)10-15/h5-6,8,13,16H,2-4,7,9-10H2,1H3. The Hall–Kier alpha value is -0.930. The molecule has 3 heteroatoms. The SMILES string of the molecule is CCc1ccc(CN2CCCC(O)C2)cn1. The summed E-state index contributed by atoms with van der Waals surface area (Å²) in [5.74, 6) is 0. The van der Waals surface area contributed by atoms with Gasteiger partial charge in [-0.05, 0) is 37.4 Å². The Balaban J connectivity index is 1.92. The number of pyridine rings is 1. The molecule has 0 radical (unpaired) electrons. The Bertz CT molecular complexity index is 323. The predicted octanol–water partition coefficient (Wildman–Crippen LogP) is 1.60. The lowest BCUT2D eigenvalue weighted by Crippen LogP contribution is -2.37. The quantitative estimate of drug-likeness (QED) is 0.840. The highest BCUT2D eigenvalue weighted by Gasteiger charge is 2.17. The van der Waals surface area contributed by atoms with E-state index in [0.29, 0.717) is 0 Å². The van der Waals surface area contributed by atoms with Crippen LogP contribution in [0.1, 0.15) is 31.0 Å². The Labute approximate surface area is 97.1 Å². The summed E-state index contributed by atoms with van der Waals surface area (Å²) in [6.45, 7) is 4.92. The van der Waals surface area contributed by atoms with Gasteiger partial charge in [0.25, 0.3) is 0 Å². The Morgan fingerprint density at radius 2 is 2.38 bits per heavy atom. The van der Waals surface area contributed by atoms with E-state index in [1.807, 2.05) is 6.20 Å². The molecule has 1 N–H and O–H groups in total. The van der Waals surface area contributed by atoms with Crippen molar-refractivity contribution in [2.24, 2.45) is 0 Å². The van der Waals surface area contributed by atoms with Crippen LogP contribution < -0.4 is 0 Å². The normalized spacial score (nSPS) is 22.2. The number of β-amino-alcohol motifs (C(OH)–C–C–N with tert-alkyl or cyclic N) is 1. The van der Waals surface area contributed by atoms with Gasteiger partial charge < -0.3 is 5.11 Å². The molecule has 88 valence electrons. The number of aryl methyl sites for hydroxylation is 1. The number of aliphatic hydroxyl groups excluding tert-OH is 1. The monoisotopic (exact) mass is 220 g/mol. The van der Waals surface area contributed by atoms with Crippen LogP contribution in [0.15, 0.2) is 18.3 Å². The van der Waals surface area contributed by atoms with Gasteiger partial charge in [-0.3, -0.25) is 9.88 Å². The molecule has 0 aliphatic carbocycles. The zero-order valence-electron chi connectivity index (χ0n) is 9.89. The van der Waals surface area contributed by atoms with E-state index < -0.39 is 0 Å². The van der Waals surface area contributed by atoms with Gasteiger partial charge in [0.05, 0.1) is 6.10 Å². The maximum Gasteiger partial charge on any atom is 0.0667 e. The molecule has 0 aromatic carbocycles. The minimum absolute atomic E-state index is 0.142. The molecule has 0 bridgehead atoms. The maximum absolute atomic E-state index is 9.58. The summed E-state index contributed by atoms with van der Waals surface area (Å²) in [6.07, 6.45) is 4.85. The van der Waals surface area contributed by atoms with Gasteiger partial charge in [0.15, 0.2) is 0 Å². The first-order valence-electron chi connectivity index (χ1n) is 6.12. The molecule has 1 aromatic rings. The molecule has 0 saturated carbocycles. The summed E-state index contributed by atoms with van der Waals surface area (Å²) in [5, 5.41) is 9.58. The lowest BCUT2D eigenvalue weighted by atomic mass is 10.1. The largest absolute Gasteiger partial charge is 0.392 e. The third kappa shape index (κ3) is 3.03. The molecule has 0 spiro atoms. The van der Waals surface area contributed by atoms with E-state index in [9.17, 15) is 5.11 Å². The zero-order valence-corrected chi connectivity index (χ0v) is 9.89. The highest BCUT2D eigenvalue weighted by atomic mass is 16.3. The molecule has 3 nitrogen and oxygen atoms in total. The molecule has 16 heavy (non-hydrogen) atoms. The molecule has 1 aliphatic rings. The second-order valence-electron chi connectivity index (χ2n) is 4.54. The number of hydrogen-bond donors (Lipinski definition) is 1. The average Bonchev–Trinajstić information content (AvgIpc) is 2.30. The number of hydrogen-bond acceptors (Lipinski definition) is 3. The molecule has 2 rings (SSSR count). The van der Waals surface area contributed by atoms with Gasteiger partial charge in [-0.25, -0.2) is 0 Å². The van der Waals surface area contributed by atoms with Gasteiger partial charge >= 0.3 is 0 Å². The highest BCUT2D eigenvalue weighted by Crippen LogP contribution is 2.13. The van der Waals surface area contributed by atoms with E-state index >= 15 is 0 Å². The zero-order chi connectivity index (χ0) is 11.4. The van der Waals surface area contributed by atoms with Crippen molar-refractivity contribution in [2.75, 3.05) is 13.1 Å². The van der Waals surface area contributed by atoms with Crippen molar-refractivity contribution in [1.82, 2.24) is 9.88 Å². The Kier molecular flexibility index (Phi) is 3.91. The first-order chi connectivity index (χ1) is 7.78. The molecule has 0 amide bonds. The van der Waals surface area contributed by atoms with Gasteiger partial charge in [-0.2, -0.15) is 0 Å². The van der Waals surface area contributed by atoms with Crippen LogP contribution in [0.4, 0.5) is 0 Å². The van der Waals surface area contributed by atoms with Crippen molar-refractivity contribution in [1.29, 1.82) is 0 Å². The molecule has 1 unspecified atom stereocenters. The fourth-order valence-electron chi connectivity index (χ4n) is 2.19. The Morgan fingerprint density at radius 1 is 1.50 bits per heavy atom. The molecular formula is C13H20N2O. The summed E-state index contributed by atoms with van der Waals surface area (Å²) in [7, 11) is 0. The molecule has 1 aliphatic heterocycles. The van der Waals surface area contributed by atoms with Crippen molar-refractivity contribution in [2.45, 2.75) is 38.8 Å². The van der Waals surface area contributed by atoms with Crippen molar-refractivity contribution in [3.05, 3.63) is 29.6 Å². The van der Waals surface area contributed by atoms with Crippen LogP contribution in [0, 0.1) is 0 Å². The first-order valence-corrected chi connectivity index (χ1v) is 6.12. The van der Waals surface area contributed by atoms with Crippen LogP contribution in [-0.4, -0.2) is 34.2 Å². The lowest BCUT2D eigenvalue weighted by Gasteiger charge is -2.29. The number of rotatable bonds is 3. The number of likely N-dealkylation sites (tertiary alicyclic amines) is 1. The van der Waals surface area contributed by atoms with Crippen LogP contribution >= 0.6 is 0 Å². The van der Waals surface area contributed by atoms with Crippen LogP contribution in [0.25, 0.3) is 0 Å². The van der Waals surface area contributed by atoms with E-state index in [4.69, 9.17) is 0 Å². The van der Waals surface area contributed by atoms with Crippen molar-refractivity contribution >= 4 is 0 Å². The van der Waals surface area contributed by atoms with E-state index in [2.05, 4.69) is 28.9 Å². The fourth-order valence-corrected chi connectivity index (χ4v) is 2.19. The molecular weight excluding hydrogens is 200 g/mol. The van der Waals surface area contributed by atoms with Crippen LogP contribution in [0.5, 0.6) is 0 Å². The third-order valence-corrected chi connectivity index (χ3v) is 3.14. The summed E-state index contributed by atoms with van der Waals surface area (Å²) in [5.41, 5.74) is 2.38. The van der Waals surface area contributed by atoms with Crippen molar-refractivity contribution < 1.29 is 5.11 Å². The summed E-state index contributed by atoms with van der Waals surface area (Å²) >= 11 is 0. The maximum atomic E-state index is 9.58. The van der Waals surface area contributed by atoms with E-state index in [0.717, 1.165) is 44.6 Å². The summed E-state index contributed by atoms with van der Waals surface area (Å²) in [6, 6.07) is 4.24. The molecule has 1 atom stereocenters. The number of piperidine rings is 1. The fraction of sp³-hybridized carbons (Fsp3) is 0.615. The van der Waals surface area contributed by atoms with Crippen LogP contribution in [-0.2, 0) is 13.0 Å². The smallest absolute Gasteiger partial charge is 0.0667 e. The van der Waals surface area contributed by atoms with Crippen LogP contribution in [0.2, 0.25) is 0 Å². The van der Waals surface area contributed by atoms with Gasteiger partial charge in [0.2, 0.25) is 0 Å². The van der Waals surface area contributed by atoms with Crippen molar-refractivity contribution in [3.8, 4) is 0 Å². The molecule has 1 saturated heterocycles. The van der Waals surface area contributed by atoms with Gasteiger partial charge in [-0.1, -0.05) is 13.0 Å². The second-order valence-corrected chi connectivity index (χ2v) is 4.54. The van der Waals surface area contributed by atoms with E-state index in [1.54, 1.807) is 0 Å².